The molecule has 130 valence electrons. The molecule has 0 aromatic carbocycles. The summed E-state index contributed by atoms with van der Waals surface area (Å²) in [6.45, 7) is 0. The molecule has 0 N–H and O–H groups in total. The van der Waals surface area contributed by atoms with Crippen LogP contribution in [-0.2, 0) is 12.4 Å². The van der Waals surface area contributed by atoms with E-state index >= 15 is 0 Å². The molecule has 0 unspecified atom stereocenters. The predicted molar refractivity (Wildman–Crippen MR) is 74.9 cm³/mol. The zero-order valence-electron chi connectivity index (χ0n) is 10.9. The molecular formula is C12H3Cl3F6N2O. The third-order valence-corrected chi connectivity index (χ3v) is 3.58. The first kappa shape index (κ1) is 18.9. The highest BCUT2D eigenvalue weighted by Gasteiger charge is 2.36. The summed E-state index contributed by atoms with van der Waals surface area (Å²) in [5, 5.41) is -2.63. The Labute approximate surface area is 144 Å². The van der Waals surface area contributed by atoms with Crippen LogP contribution in [0.4, 0.5) is 26.3 Å². The maximum atomic E-state index is 12.8. The van der Waals surface area contributed by atoms with E-state index in [4.69, 9.17) is 34.8 Å². The van der Waals surface area contributed by atoms with Crippen LogP contribution in [0.25, 0.3) is 5.82 Å². The Morgan fingerprint density at radius 2 is 1.50 bits per heavy atom. The molecule has 0 saturated carbocycles. The first-order valence-corrected chi connectivity index (χ1v) is 6.88. The average molecular weight is 412 g/mol. The third kappa shape index (κ3) is 3.62. The molecule has 2 aromatic heterocycles. The van der Waals surface area contributed by atoms with E-state index in [9.17, 15) is 31.1 Å². The topological polar surface area (TPSA) is 34.9 Å². The monoisotopic (exact) mass is 410 g/mol. The van der Waals surface area contributed by atoms with Crippen LogP contribution >= 0.6 is 34.8 Å². The van der Waals surface area contributed by atoms with Crippen LogP contribution in [0.3, 0.4) is 0 Å². The third-order valence-electron chi connectivity index (χ3n) is 2.75. The maximum Gasteiger partial charge on any atom is 0.419 e. The first-order chi connectivity index (χ1) is 10.8. The van der Waals surface area contributed by atoms with Gasteiger partial charge in [-0.25, -0.2) is 4.98 Å². The molecule has 2 rings (SSSR count). The van der Waals surface area contributed by atoms with Crippen LogP contribution in [0, 0.1) is 0 Å². The molecular weight excluding hydrogens is 408 g/mol. The van der Waals surface area contributed by atoms with Crippen molar-refractivity contribution in [3.63, 3.8) is 0 Å². The second kappa shape index (κ2) is 6.12. The summed E-state index contributed by atoms with van der Waals surface area (Å²) in [6.07, 6.45) is -9.43. The number of hydrogen-bond acceptors (Lipinski definition) is 2. The van der Waals surface area contributed by atoms with Gasteiger partial charge in [0.15, 0.2) is 5.82 Å². The van der Waals surface area contributed by atoms with E-state index in [0.717, 1.165) is 0 Å². The molecule has 0 saturated heterocycles. The smallest absolute Gasteiger partial charge is 0.267 e. The maximum absolute atomic E-state index is 12.8. The van der Waals surface area contributed by atoms with Gasteiger partial charge in [0.2, 0.25) is 0 Å². The number of hydrogen-bond donors (Lipinski definition) is 0. The number of nitrogens with zero attached hydrogens (tertiary/aromatic N) is 2. The van der Waals surface area contributed by atoms with Crippen molar-refractivity contribution in [3.8, 4) is 5.82 Å². The summed E-state index contributed by atoms with van der Waals surface area (Å²) in [7, 11) is 0. The molecule has 0 spiro atoms. The highest BCUT2D eigenvalue weighted by Crippen LogP contribution is 2.37. The molecule has 2 aromatic rings. The highest BCUT2D eigenvalue weighted by atomic mass is 35.5. The van der Waals surface area contributed by atoms with Crippen LogP contribution in [0.15, 0.2) is 23.1 Å². The Hall–Kier alpha value is -1.45. The van der Waals surface area contributed by atoms with Gasteiger partial charge >= 0.3 is 12.4 Å². The van der Waals surface area contributed by atoms with E-state index in [1.807, 2.05) is 0 Å². The van der Waals surface area contributed by atoms with E-state index in [0.29, 0.717) is 18.3 Å². The van der Waals surface area contributed by atoms with Crippen LogP contribution in [-0.4, -0.2) is 9.55 Å². The molecule has 12 heteroatoms. The van der Waals surface area contributed by atoms with Gasteiger partial charge in [0.1, 0.15) is 10.2 Å². The number of pyridine rings is 2. The van der Waals surface area contributed by atoms with Gasteiger partial charge in [-0.05, 0) is 12.1 Å². The van der Waals surface area contributed by atoms with Gasteiger partial charge in [0.05, 0.1) is 16.1 Å². The number of rotatable bonds is 1. The molecule has 0 aliphatic rings. The summed E-state index contributed by atoms with van der Waals surface area (Å²) >= 11 is 16.5. The first-order valence-electron chi connectivity index (χ1n) is 5.75. The number of halogens is 9. The lowest BCUT2D eigenvalue weighted by Crippen LogP contribution is -2.23. The molecule has 0 aliphatic heterocycles. The van der Waals surface area contributed by atoms with Gasteiger partial charge in [-0.15, -0.1) is 0 Å². The Morgan fingerprint density at radius 1 is 0.917 bits per heavy atom. The number of aromatic nitrogens is 2. The van der Waals surface area contributed by atoms with Crippen molar-refractivity contribution in [3.05, 3.63) is 55.0 Å². The Kier molecular flexibility index (Phi) is 4.82. The summed E-state index contributed by atoms with van der Waals surface area (Å²) < 4.78 is 76.8. The van der Waals surface area contributed by atoms with Crippen molar-refractivity contribution in [2.24, 2.45) is 0 Å². The number of alkyl halides is 6. The lowest BCUT2D eigenvalue weighted by Gasteiger charge is -2.14. The Balaban J connectivity index is 2.76. The summed E-state index contributed by atoms with van der Waals surface area (Å²) in [5.74, 6) is -0.715. The van der Waals surface area contributed by atoms with E-state index in [1.54, 1.807) is 0 Å². The van der Waals surface area contributed by atoms with Gasteiger partial charge in [-0.1, -0.05) is 34.8 Å². The van der Waals surface area contributed by atoms with Crippen LogP contribution in [0.5, 0.6) is 0 Å². The average Bonchev–Trinajstić information content (AvgIpc) is 2.41. The predicted octanol–water partition coefficient (Wildman–Crippen LogP) is 5.23. The largest absolute Gasteiger partial charge is 0.419 e. The van der Waals surface area contributed by atoms with Crippen molar-refractivity contribution in [2.75, 3.05) is 0 Å². The van der Waals surface area contributed by atoms with Crippen molar-refractivity contribution in [2.45, 2.75) is 12.4 Å². The highest BCUT2D eigenvalue weighted by molar-refractivity contribution is 6.34. The van der Waals surface area contributed by atoms with Crippen LogP contribution in [0.2, 0.25) is 15.2 Å². The SMILES string of the molecule is O=c1c(Cl)cc(C(F)(F)F)cn1-c1nc(Cl)c(C(F)(F)F)cc1Cl. The zero-order chi connectivity index (χ0) is 18.4. The van der Waals surface area contributed by atoms with Gasteiger partial charge in [-0.3, -0.25) is 9.36 Å². The molecule has 0 atom stereocenters. The minimum atomic E-state index is -4.89. The fourth-order valence-electron chi connectivity index (χ4n) is 1.69. The van der Waals surface area contributed by atoms with Crippen molar-refractivity contribution >= 4 is 34.8 Å². The molecule has 0 radical (unpaired) electrons. The molecule has 0 bridgehead atoms. The van der Waals surface area contributed by atoms with Crippen molar-refractivity contribution < 1.29 is 26.3 Å². The standard InChI is InChI=1S/C12H3Cl3F6N2O/c13-6-2-5(12(19,20)21)8(15)22-9(6)23-3-4(11(16,17)18)1-7(14)10(23)24/h1-3H. The molecule has 0 aliphatic carbocycles. The lowest BCUT2D eigenvalue weighted by molar-refractivity contribution is -0.138. The normalized spacial score (nSPS) is 12.5. The van der Waals surface area contributed by atoms with E-state index in [2.05, 4.69) is 4.98 Å². The van der Waals surface area contributed by atoms with Crippen molar-refractivity contribution in [1.82, 2.24) is 9.55 Å². The zero-order valence-corrected chi connectivity index (χ0v) is 13.2. The second-order valence-corrected chi connectivity index (χ2v) is 5.55. The van der Waals surface area contributed by atoms with E-state index in [-0.39, 0.29) is 4.57 Å². The summed E-state index contributed by atoms with van der Waals surface area (Å²) in [6, 6.07) is 0.729. The van der Waals surface area contributed by atoms with E-state index < -0.39 is 50.1 Å². The second-order valence-electron chi connectivity index (χ2n) is 4.38. The lowest BCUT2D eigenvalue weighted by atomic mass is 10.2. The minimum Gasteiger partial charge on any atom is -0.267 e. The van der Waals surface area contributed by atoms with Gasteiger partial charge in [-0.2, -0.15) is 26.3 Å². The minimum absolute atomic E-state index is 0.277. The molecule has 2 heterocycles. The summed E-state index contributed by atoms with van der Waals surface area (Å²) in [4.78, 5) is 15.2. The fourth-order valence-corrected chi connectivity index (χ4v) is 2.38. The molecule has 3 nitrogen and oxygen atoms in total. The molecule has 0 amide bonds. The quantitative estimate of drug-likeness (QED) is 0.476. The van der Waals surface area contributed by atoms with Crippen LogP contribution < -0.4 is 5.56 Å². The van der Waals surface area contributed by atoms with Gasteiger partial charge in [0.25, 0.3) is 5.56 Å². The van der Waals surface area contributed by atoms with E-state index in [1.165, 1.54) is 0 Å². The molecule has 0 fully saturated rings. The Morgan fingerprint density at radius 3 is 2.00 bits per heavy atom. The van der Waals surface area contributed by atoms with Crippen LogP contribution in [0.1, 0.15) is 11.1 Å². The fraction of sp³-hybridized carbons (Fsp3) is 0.167. The molecule has 24 heavy (non-hydrogen) atoms. The van der Waals surface area contributed by atoms with Crippen molar-refractivity contribution in [1.29, 1.82) is 0 Å². The Bertz CT molecular complexity index is 860. The summed E-state index contributed by atoms with van der Waals surface area (Å²) in [5.41, 5.74) is -3.88. The van der Waals surface area contributed by atoms with Gasteiger partial charge in [0, 0.05) is 6.20 Å². The van der Waals surface area contributed by atoms with Gasteiger partial charge < -0.3 is 0 Å².